The Morgan fingerprint density at radius 3 is 2.94 bits per heavy atom. The van der Waals surface area contributed by atoms with Crippen molar-refractivity contribution in [1.82, 2.24) is 20.3 Å². The van der Waals surface area contributed by atoms with Crippen LogP contribution in [0, 0.1) is 0 Å². The van der Waals surface area contributed by atoms with E-state index in [-0.39, 0.29) is 0 Å². The molecule has 2 aromatic rings. The smallest absolute Gasteiger partial charge is 0.144 e. The number of hydrogen-bond donors (Lipinski definition) is 1. The molecule has 1 aliphatic rings. The van der Waals surface area contributed by atoms with Crippen molar-refractivity contribution in [2.75, 3.05) is 6.54 Å². The van der Waals surface area contributed by atoms with Crippen LogP contribution in [0.1, 0.15) is 36.3 Å². The zero-order valence-electron chi connectivity index (χ0n) is 10.4. The summed E-state index contributed by atoms with van der Waals surface area (Å²) in [6, 6.07) is 0. The first kappa shape index (κ1) is 11.7. The van der Waals surface area contributed by atoms with Crippen LogP contribution in [-0.4, -0.2) is 21.5 Å². The lowest BCUT2D eigenvalue weighted by atomic mass is 10.2. The van der Waals surface area contributed by atoms with Crippen LogP contribution < -0.4 is 5.32 Å². The SMILES string of the molecule is CCNCc1sc(-c2cnccn2)nc1C1CC1. The van der Waals surface area contributed by atoms with Gasteiger partial charge in [-0.2, -0.15) is 0 Å². The number of nitrogens with one attached hydrogen (secondary N) is 1. The van der Waals surface area contributed by atoms with E-state index in [2.05, 4.69) is 22.2 Å². The minimum absolute atomic E-state index is 0.681. The summed E-state index contributed by atoms with van der Waals surface area (Å²) in [5, 5.41) is 4.38. The standard InChI is InChI=1S/C13H16N4S/c1-2-14-8-11-12(9-3-4-9)17-13(18-11)10-7-15-5-6-16-10/h5-7,9,14H,2-4,8H2,1H3. The van der Waals surface area contributed by atoms with Crippen molar-refractivity contribution in [3.05, 3.63) is 29.2 Å². The van der Waals surface area contributed by atoms with E-state index in [0.717, 1.165) is 23.8 Å². The van der Waals surface area contributed by atoms with Crippen LogP contribution in [0.2, 0.25) is 0 Å². The van der Waals surface area contributed by atoms with Gasteiger partial charge in [0.25, 0.3) is 0 Å². The number of nitrogens with zero attached hydrogens (tertiary/aromatic N) is 3. The Morgan fingerprint density at radius 1 is 1.39 bits per heavy atom. The summed E-state index contributed by atoms with van der Waals surface area (Å²) in [4.78, 5) is 14.6. The molecule has 4 nitrogen and oxygen atoms in total. The Balaban J connectivity index is 1.91. The summed E-state index contributed by atoms with van der Waals surface area (Å²) in [6.45, 7) is 4.03. The van der Waals surface area contributed by atoms with E-state index >= 15 is 0 Å². The highest BCUT2D eigenvalue weighted by atomic mass is 32.1. The molecule has 94 valence electrons. The molecule has 1 N–H and O–H groups in total. The zero-order chi connectivity index (χ0) is 12.4. The van der Waals surface area contributed by atoms with Crippen molar-refractivity contribution in [1.29, 1.82) is 0 Å². The molecule has 0 spiro atoms. The van der Waals surface area contributed by atoms with Gasteiger partial charge in [0.2, 0.25) is 0 Å². The van der Waals surface area contributed by atoms with Crippen molar-refractivity contribution in [2.45, 2.75) is 32.2 Å². The van der Waals surface area contributed by atoms with Gasteiger partial charge in [0.1, 0.15) is 10.7 Å². The van der Waals surface area contributed by atoms with E-state index in [1.165, 1.54) is 23.4 Å². The van der Waals surface area contributed by atoms with E-state index in [1.54, 1.807) is 29.9 Å². The maximum Gasteiger partial charge on any atom is 0.144 e. The summed E-state index contributed by atoms with van der Waals surface area (Å²) >= 11 is 1.74. The molecule has 0 unspecified atom stereocenters. The fraction of sp³-hybridized carbons (Fsp3) is 0.462. The molecule has 3 rings (SSSR count). The lowest BCUT2D eigenvalue weighted by Crippen LogP contribution is -2.11. The van der Waals surface area contributed by atoms with Crippen molar-refractivity contribution >= 4 is 11.3 Å². The highest BCUT2D eigenvalue weighted by Gasteiger charge is 2.29. The minimum Gasteiger partial charge on any atom is -0.312 e. The number of hydrogen-bond acceptors (Lipinski definition) is 5. The third-order valence-corrected chi connectivity index (χ3v) is 4.10. The first-order valence-electron chi connectivity index (χ1n) is 6.35. The maximum atomic E-state index is 4.77. The number of aromatic nitrogens is 3. The van der Waals surface area contributed by atoms with Gasteiger partial charge in [-0.15, -0.1) is 11.3 Å². The number of thiazole rings is 1. The monoisotopic (exact) mass is 260 g/mol. The molecule has 0 aromatic carbocycles. The molecule has 18 heavy (non-hydrogen) atoms. The van der Waals surface area contributed by atoms with Crippen molar-refractivity contribution in [3.63, 3.8) is 0 Å². The summed E-state index contributed by atoms with van der Waals surface area (Å²) in [7, 11) is 0. The van der Waals surface area contributed by atoms with Gasteiger partial charge in [-0.05, 0) is 19.4 Å². The van der Waals surface area contributed by atoms with E-state index in [9.17, 15) is 0 Å². The molecule has 1 saturated carbocycles. The molecule has 0 bridgehead atoms. The molecule has 0 aliphatic heterocycles. The molecular weight excluding hydrogens is 244 g/mol. The average molecular weight is 260 g/mol. The molecule has 0 radical (unpaired) electrons. The van der Waals surface area contributed by atoms with Gasteiger partial charge in [0.05, 0.1) is 11.9 Å². The second-order valence-corrected chi connectivity index (χ2v) is 5.56. The quantitative estimate of drug-likeness (QED) is 0.897. The van der Waals surface area contributed by atoms with Gasteiger partial charge in [0, 0.05) is 29.7 Å². The van der Waals surface area contributed by atoms with Gasteiger partial charge < -0.3 is 5.32 Å². The second-order valence-electron chi connectivity index (χ2n) is 4.47. The van der Waals surface area contributed by atoms with Gasteiger partial charge in [-0.25, -0.2) is 4.98 Å². The number of rotatable bonds is 5. The topological polar surface area (TPSA) is 50.7 Å². The fourth-order valence-electron chi connectivity index (χ4n) is 1.92. The van der Waals surface area contributed by atoms with E-state index in [4.69, 9.17) is 4.98 Å². The van der Waals surface area contributed by atoms with Crippen LogP contribution in [-0.2, 0) is 6.54 Å². The van der Waals surface area contributed by atoms with Gasteiger partial charge >= 0.3 is 0 Å². The summed E-state index contributed by atoms with van der Waals surface area (Å²) in [6.07, 6.45) is 7.76. The Morgan fingerprint density at radius 2 is 2.28 bits per heavy atom. The average Bonchev–Trinajstić information content (AvgIpc) is 3.18. The maximum absolute atomic E-state index is 4.77. The normalized spacial score (nSPS) is 14.9. The Kier molecular flexibility index (Phi) is 3.34. The predicted molar refractivity (Wildman–Crippen MR) is 72.5 cm³/mol. The van der Waals surface area contributed by atoms with Crippen molar-refractivity contribution in [3.8, 4) is 10.7 Å². The lowest BCUT2D eigenvalue weighted by Gasteiger charge is -2.00. The highest BCUT2D eigenvalue weighted by Crippen LogP contribution is 2.43. The summed E-state index contributed by atoms with van der Waals surface area (Å²) < 4.78 is 0. The molecule has 0 saturated heterocycles. The third-order valence-electron chi connectivity index (χ3n) is 3.01. The van der Waals surface area contributed by atoms with Gasteiger partial charge in [-0.1, -0.05) is 6.92 Å². The fourth-order valence-corrected chi connectivity index (χ4v) is 3.00. The Hall–Kier alpha value is -1.33. The molecule has 1 fully saturated rings. The van der Waals surface area contributed by atoms with Crippen LogP contribution >= 0.6 is 11.3 Å². The van der Waals surface area contributed by atoms with Crippen LogP contribution in [0.5, 0.6) is 0 Å². The van der Waals surface area contributed by atoms with Crippen molar-refractivity contribution in [2.24, 2.45) is 0 Å². The summed E-state index contributed by atoms with van der Waals surface area (Å²) in [5.74, 6) is 0.681. The Bertz CT molecular complexity index is 519. The highest BCUT2D eigenvalue weighted by molar-refractivity contribution is 7.15. The molecule has 2 aromatic heterocycles. The second kappa shape index (κ2) is 5.12. The molecule has 0 amide bonds. The minimum atomic E-state index is 0.681. The zero-order valence-corrected chi connectivity index (χ0v) is 11.2. The molecule has 0 atom stereocenters. The molecule has 2 heterocycles. The van der Waals surface area contributed by atoms with Crippen LogP contribution in [0.4, 0.5) is 0 Å². The molecule has 1 aliphatic carbocycles. The third kappa shape index (κ3) is 2.42. The first-order chi connectivity index (χ1) is 8.88. The van der Waals surface area contributed by atoms with Crippen LogP contribution in [0.15, 0.2) is 18.6 Å². The molecular formula is C13H16N4S. The first-order valence-corrected chi connectivity index (χ1v) is 7.17. The van der Waals surface area contributed by atoms with Crippen LogP contribution in [0.25, 0.3) is 10.7 Å². The van der Waals surface area contributed by atoms with Crippen LogP contribution in [0.3, 0.4) is 0 Å². The van der Waals surface area contributed by atoms with Gasteiger partial charge in [0.15, 0.2) is 0 Å². The predicted octanol–water partition coefficient (Wildman–Crippen LogP) is 2.59. The largest absolute Gasteiger partial charge is 0.312 e. The Labute approximate surface area is 111 Å². The summed E-state index contributed by atoms with van der Waals surface area (Å²) in [5.41, 5.74) is 2.16. The van der Waals surface area contributed by atoms with Crippen molar-refractivity contribution < 1.29 is 0 Å². The van der Waals surface area contributed by atoms with Gasteiger partial charge in [-0.3, -0.25) is 9.97 Å². The van der Waals surface area contributed by atoms with E-state index in [1.807, 2.05) is 0 Å². The van der Waals surface area contributed by atoms with E-state index in [0.29, 0.717) is 5.92 Å². The van der Waals surface area contributed by atoms with E-state index < -0.39 is 0 Å². The lowest BCUT2D eigenvalue weighted by molar-refractivity contribution is 0.727. The molecule has 5 heteroatoms.